The van der Waals surface area contributed by atoms with E-state index in [1.165, 1.54) is 0 Å². The van der Waals surface area contributed by atoms with E-state index >= 15 is 0 Å². The van der Waals surface area contributed by atoms with Gasteiger partial charge in [-0.2, -0.15) is 0 Å². The Hall–Kier alpha value is -0.730. The predicted octanol–water partition coefficient (Wildman–Crippen LogP) is -2.65. The molecule has 4 N–H and O–H groups in total. The van der Waals surface area contributed by atoms with Crippen molar-refractivity contribution >= 4 is 5.97 Å². The number of carbonyl (C=O) groups is 1. The molecule has 0 aliphatic carbocycles. The van der Waals surface area contributed by atoms with Crippen LogP contribution in [0.5, 0.6) is 0 Å². The number of aliphatic hydroxyl groups is 4. The molecular weight excluding hydrogens is 208 g/mol. The number of ether oxygens (including phenoxy) is 2. The molecule has 1 heterocycles. The Morgan fingerprint density at radius 2 is 1.87 bits per heavy atom. The summed E-state index contributed by atoms with van der Waals surface area (Å²) in [4.78, 5) is 10.6. The molecule has 0 bridgehead atoms. The molecule has 0 amide bonds. The summed E-state index contributed by atoms with van der Waals surface area (Å²) >= 11 is 0. The second kappa shape index (κ2) is 4.86. The van der Waals surface area contributed by atoms with E-state index in [2.05, 4.69) is 4.74 Å². The van der Waals surface area contributed by atoms with Crippen LogP contribution in [0.2, 0.25) is 0 Å². The molecule has 0 aromatic rings. The maximum absolute atomic E-state index is 10.6. The fourth-order valence-corrected chi connectivity index (χ4v) is 1.33. The SMILES string of the molecule is CC(=O)O[C@H]1O[C@H](CO)[C@H](O)[C@@H](O)[C@H]1O. The number of hydrogen-bond donors (Lipinski definition) is 4. The molecule has 0 radical (unpaired) electrons. The lowest BCUT2D eigenvalue weighted by atomic mass is 9.99. The van der Waals surface area contributed by atoms with E-state index in [-0.39, 0.29) is 0 Å². The Balaban J connectivity index is 2.69. The van der Waals surface area contributed by atoms with Crippen LogP contribution in [0.3, 0.4) is 0 Å². The maximum atomic E-state index is 10.6. The average molecular weight is 222 g/mol. The van der Waals surface area contributed by atoms with E-state index < -0.39 is 43.3 Å². The average Bonchev–Trinajstić information content (AvgIpc) is 2.18. The number of esters is 1. The number of hydrogen-bond acceptors (Lipinski definition) is 7. The summed E-state index contributed by atoms with van der Waals surface area (Å²) in [5.41, 5.74) is 0. The van der Waals surface area contributed by atoms with Gasteiger partial charge >= 0.3 is 5.97 Å². The Labute approximate surface area is 85.9 Å². The van der Waals surface area contributed by atoms with Crippen molar-refractivity contribution in [1.82, 2.24) is 0 Å². The molecule has 1 fully saturated rings. The van der Waals surface area contributed by atoms with E-state index in [1.807, 2.05) is 0 Å². The molecule has 0 spiro atoms. The molecule has 88 valence electrons. The van der Waals surface area contributed by atoms with E-state index in [1.54, 1.807) is 0 Å². The second-order valence-corrected chi connectivity index (χ2v) is 3.31. The molecule has 0 saturated carbocycles. The molecular formula is C8H14O7. The van der Waals surface area contributed by atoms with Gasteiger partial charge in [-0.1, -0.05) is 0 Å². The summed E-state index contributed by atoms with van der Waals surface area (Å²) in [5.74, 6) is -0.695. The maximum Gasteiger partial charge on any atom is 0.305 e. The largest absolute Gasteiger partial charge is 0.433 e. The quantitative estimate of drug-likeness (QED) is 0.377. The van der Waals surface area contributed by atoms with Gasteiger partial charge in [0.1, 0.15) is 24.4 Å². The van der Waals surface area contributed by atoms with Gasteiger partial charge in [0.25, 0.3) is 0 Å². The Kier molecular flexibility index (Phi) is 4.00. The normalized spacial score (nSPS) is 41.3. The van der Waals surface area contributed by atoms with Gasteiger partial charge in [0.15, 0.2) is 0 Å². The van der Waals surface area contributed by atoms with Crippen molar-refractivity contribution in [1.29, 1.82) is 0 Å². The van der Waals surface area contributed by atoms with Crippen LogP contribution in [0, 0.1) is 0 Å². The van der Waals surface area contributed by atoms with Crippen LogP contribution in [0.25, 0.3) is 0 Å². The Morgan fingerprint density at radius 1 is 1.27 bits per heavy atom. The Bertz CT molecular complexity index is 229. The minimum Gasteiger partial charge on any atom is -0.433 e. The van der Waals surface area contributed by atoms with Crippen LogP contribution in [0.4, 0.5) is 0 Å². The minimum atomic E-state index is -1.54. The van der Waals surface area contributed by atoms with Crippen LogP contribution in [0.1, 0.15) is 6.92 Å². The summed E-state index contributed by atoms with van der Waals surface area (Å²) in [5, 5.41) is 36.8. The summed E-state index contributed by atoms with van der Waals surface area (Å²) in [6.45, 7) is 0.560. The number of carbonyl (C=O) groups excluding carboxylic acids is 1. The van der Waals surface area contributed by atoms with Crippen molar-refractivity contribution in [3.63, 3.8) is 0 Å². The summed E-state index contributed by atoms with van der Waals surface area (Å²) in [6.07, 6.45) is -6.95. The molecule has 7 nitrogen and oxygen atoms in total. The molecule has 0 unspecified atom stereocenters. The minimum absolute atomic E-state index is 0.553. The third-order valence-electron chi connectivity index (χ3n) is 2.13. The highest BCUT2D eigenvalue weighted by molar-refractivity contribution is 5.66. The van der Waals surface area contributed by atoms with Crippen molar-refractivity contribution < 1.29 is 34.7 Å². The third-order valence-corrected chi connectivity index (χ3v) is 2.13. The van der Waals surface area contributed by atoms with E-state index in [0.29, 0.717) is 0 Å². The fourth-order valence-electron chi connectivity index (χ4n) is 1.33. The first-order valence-electron chi connectivity index (χ1n) is 4.45. The monoisotopic (exact) mass is 222 g/mol. The van der Waals surface area contributed by atoms with Crippen molar-refractivity contribution in [3.05, 3.63) is 0 Å². The van der Waals surface area contributed by atoms with E-state index in [9.17, 15) is 20.1 Å². The standard InChI is InChI=1S/C8H14O7/c1-3(10)14-8-7(13)6(12)5(11)4(2-9)15-8/h4-9,11-13H,2H2,1H3/t4-,5+,6-,7-,8+/m1/s1. The lowest BCUT2D eigenvalue weighted by molar-refractivity contribution is -0.292. The van der Waals surface area contributed by atoms with Crippen LogP contribution in [-0.2, 0) is 14.3 Å². The van der Waals surface area contributed by atoms with Crippen LogP contribution < -0.4 is 0 Å². The van der Waals surface area contributed by atoms with Crippen LogP contribution in [-0.4, -0.2) is 63.7 Å². The molecule has 0 aromatic heterocycles. The van der Waals surface area contributed by atoms with Crippen LogP contribution in [0.15, 0.2) is 0 Å². The smallest absolute Gasteiger partial charge is 0.305 e. The number of rotatable bonds is 2. The van der Waals surface area contributed by atoms with Gasteiger partial charge in [0.05, 0.1) is 6.61 Å². The molecule has 1 saturated heterocycles. The highest BCUT2D eigenvalue weighted by Gasteiger charge is 2.44. The van der Waals surface area contributed by atoms with E-state index in [4.69, 9.17) is 9.84 Å². The molecule has 1 aliphatic heterocycles. The van der Waals surface area contributed by atoms with Crippen LogP contribution >= 0.6 is 0 Å². The molecule has 1 aliphatic rings. The topological polar surface area (TPSA) is 116 Å². The van der Waals surface area contributed by atoms with Crippen molar-refractivity contribution in [2.24, 2.45) is 0 Å². The molecule has 5 atom stereocenters. The Morgan fingerprint density at radius 3 is 2.33 bits per heavy atom. The van der Waals surface area contributed by atoms with Crippen molar-refractivity contribution in [2.45, 2.75) is 37.6 Å². The zero-order valence-corrected chi connectivity index (χ0v) is 8.11. The van der Waals surface area contributed by atoms with Gasteiger partial charge in [-0.3, -0.25) is 4.79 Å². The van der Waals surface area contributed by atoms with Gasteiger partial charge in [0.2, 0.25) is 6.29 Å². The fraction of sp³-hybridized carbons (Fsp3) is 0.875. The highest BCUT2D eigenvalue weighted by atomic mass is 16.7. The molecule has 15 heavy (non-hydrogen) atoms. The van der Waals surface area contributed by atoms with Crippen molar-refractivity contribution in [2.75, 3.05) is 6.61 Å². The highest BCUT2D eigenvalue weighted by Crippen LogP contribution is 2.21. The predicted molar refractivity (Wildman–Crippen MR) is 45.5 cm³/mol. The van der Waals surface area contributed by atoms with Gasteiger partial charge in [-0.25, -0.2) is 0 Å². The zero-order valence-electron chi connectivity index (χ0n) is 8.11. The zero-order chi connectivity index (χ0) is 11.6. The molecule has 7 heteroatoms. The van der Waals surface area contributed by atoms with Gasteiger partial charge in [-0.15, -0.1) is 0 Å². The lowest BCUT2D eigenvalue weighted by Crippen LogP contribution is -2.59. The van der Waals surface area contributed by atoms with Gasteiger partial charge < -0.3 is 29.9 Å². The molecule has 1 rings (SSSR count). The number of aliphatic hydroxyl groups excluding tert-OH is 4. The summed E-state index contributed by atoms with van der Waals surface area (Å²) < 4.78 is 9.45. The third kappa shape index (κ3) is 2.64. The first kappa shape index (κ1) is 12.3. The first-order valence-corrected chi connectivity index (χ1v) is 4.45. The second-order valence-electron chi connectivity index (χ2n) is 3.31. The first-order chi connectivity index (χ1) is 6.97. The summed E-state index contributed by atoms with van der Waals surface area (Å²) in [6, 6.07) is 0. The van der Waals surface area contributed by atoms with Crippen molar-refractivity contribution in [3.8, 4) is 0 Å². The van der Waals surface area contributed by atoms with E-state index in [0.717, 1.165) is 6.92 Å². The van der Waals surface area contributed by atoms with Gasteiger partial charge in [0, 0.05) is 6.92 Å². The lowest BCUT2D eigenvalue weighted by Gasteiger charge is -2.38. The molecule has 0 aromatic carbocycles. The van der Waals surface area contributed by atoms with Gasteiger partial charge in [-0.05, 0) is 0 Å². The summed E-state index contributed by atoms with van der Waals surface area (Å²) in [7, 11) is 0.